The lowest BCUT2D eigenvalue weighted by atomic mass is 9.98. The van der Waals surface area contributed by atoms with E-state index >= 15 is 0 Å². The summed E-state index contributed by atoms with van der Waals surface area (Å²) in [5.41, 5.74) is 4.22. The zero-order chi connectivity index (χ0) is 25.5. The van der Waals surface area contributed by atoms with Crippen LogP contribution in [0.4, 0.5) is 4.79 Å². The number of ether oxygens (including phenoxy) is 1. The quantitative estimate of drug-likeness (QED) is 0.479. The van der Waals surface area contributed by atoms with Gasteiger partial charge >= 0.3 is 12.1 Å². The molecule has 35 heavy (non-hydrogen) atoms. The highest BCUT2D eigenvalue weighted by Crippen LogP contribution is 2.44. The van der Waals surface area contributed by atoms with Crippen molar-refractivity contribution < 1.29 is 29.0 Å². The number of carbonyl (C=O) groups is 4. The summed E-state index contributed by atoms with van der Waals surface area (Å²) < 4.78 is 5.43. The maximum Gasteiger partial charge on any atom is 0.407 e. The molecule has 0 radical (unpaired) electrons. The summed E-state index contributed by atoms with van der Waals surface area (Å²) in [4.78, 5) is 49.8. The van der Waals surface area contributed by atoms with E-state index in [2.05, 4.69) is 10.6 Å². The first-order valence-electron chi connectivity index (χ1n) is 11.5. The number of nitrogens with one attached hydrogen (secondary N) is 2. The largest absolute Gasteiger partial charge is 0.481 e. The van der Waals surface area contributed by atoms with E-state index in [4.69, 9.17) is 4.74 Å². The van der Waals surface area contributed by atoms with Crippen LogP contribution in [0.3, 0.4) is 0 Å². The van der Waals surface area contributed by atoms with Crippen LogP contribution in [0, 0.1) is 5.92 Å². The molecule has 1 aliphatic rings. The Kier molecular flexibility index (Phi) is 8.46. The fraction of sp³-hybridized carbons (Fsp3) is 0.385. The Morgan fingerprint density at radius 2 is 1.57 bits per heavy atom. The molecule has 1 unspecified atom stereocenters. The number of amides is 3. The van der Waals surface area contributed by atoms with Gasteiger partial charge in [0, 0.05) is 19.5 Å². The Hall–Kier alpha value is -3.88. The summed E-state index contributed by atoms with van der Waals surface area (Å²) >= 11 is 0. The van der Waals surface area contributed by atoms with Crippen LogP contribution in [0.15, 0.2) is 48.5 Å². The highest BCUT2D eigenvalue weighted by Gasteiger charge is 2.31. The first-order valence-corrected chi connectivity index (χ1v) is 11.5. The van der Waals surface area contributed by atoms with E-state index in [1.54, 1.807) is 0 Å². The van der Waals surface area contributed by atoms with E-state index < -0.39 is 30.4 Å². The lowest BCUT2D eigenvalue weighted by Crippen LogP contribution is -2.50. The molecular formula is C26H31N3O6. The van der Waals surface area contributed by atoms with Crippen LogP contribution in [0.25, 0.3) is 11.1 Å². The molecule has 0 aromatic heterocycles. The molecule has 3 rings (SSSR count). The van der Waals surface area contributed by atoms with E-state index in [0.717, 1.165) is 27.2 Å². The molecule has 0 fully saturated rings. The zero-order valence-corrected chi connectivity index (χ0v) is 20.1. The van der Waals surface area contributed by atoms with Crippen molar-refractivity contribution in [2.24, 2.45) is 5.92 Å². The molecule has 0 aliphatic heterocycles. The summed E-state index contributed by atoms with van der Waals surface area (Å²) in [7, 11) is 1.38. The number of benzene rings is 2. The molecule has 9 nitrogen and oxygen atoms in total. The third-order valence-corrected chi connectivity index (χ3v) is 5.78. The number of carboxylic acids is 1. The Morgan fingerprint density at radius 3 is 2.11 bits per heavy atom. The number of alkyl carbamates (subject to hydrolysis) is 1. The molecule has 0 saturated carbocycles. The molecule has 3 N–H and O–H groups in total. The summed E-state index contributed by atoms with van der Waals surface area (Å²) in [6.07, 6.45) is -1.54. The SMILES string of the molecule is CC(C)CNC(=O)CN(C)C(=O)C(CC(=O)O)NC(=O)OCC1c2ccccc2-c2ccccc21. The average Bonchev–Trinajstić information content (AvgIpc) is 3.14. The van der Waals surface area contributed by atoms with Crippen LogP contribution in [-0.2, 0) is 19.1 Å². The number of nitrogens with zero attached hydrogens (tertiary/aromatic N) is 1. The summed E-state index contributed by atoms with van der Waals surface area (Å²) in [5, 5.41) is 14.3. The number of aliphatic carboxylic acids is 1. The second-order valence-electron chi connectivity index (χ2n) is 9.01. The molecule has 0 saturated heterocycles. The van der Waals surface area contributed by atoms with Gasteiger partial charge in [0.2, 0.25) is 11.8 Å². The minimum absolute atomic E-state index is 0.0291. The molecule has 186 valence electrons. The highest BCUT2D eigenvalue weighted by molar-refractivity contribution is 5.91. The third kappa shape index (κ3) is 6.59. The van der Waals surface area contributed by atoms with E-state index in [0.29, 0.717) is 6.54 Å². The van der Waals surface area contributed by atoms with Gasteiger partial charge in [0.25, 0.3) is 0 Å². The van der Waals surface area contributed by atoms with Crippen LogP contribution in [0.2, 0.25) is 0 Å². The molecule has 1 atom stereocenters. The zero-order valence-electron chi connectivity index (χ0n) is 20.1. The highest BCUT2D eigenvalue weighted by atomic mass is 16.5. The van der Waals surface area contributed by atoms with E-state index in [9.17, 15) is 24.3 Å². The minimum Gasteiger partial charge on any atom is -0.481 e. The van der Waals surface area contributed by atoms with Gasteiger partial charge in [-0.25, -0.2) is 4.79 Å². The standard InChI is InChI=1S/C26H31N3O6/c1-16(2)13-27-23(30)14-29(3)25(33)22(12-24(31)32)28-26(34)35-15-21-19-10-6-4-8-17(19)18-9-5-7-11-20(18)21/h4-11,16,21-22H,12-15H2,1-3H3,(H,27,30)(H,28,34)(H,31,32). The second-order valence-corrected chi connectivity index (χ2v) is 9.01. The molecule has 0 bridgehead atoms. The van der Waals surface area contributed by atoms with Gasteiger partial charge in [-0.05, 0) is 28.2 Å². The van der Waals surface area contributed by atoms with Crippen LogP contribution in [0.5, 0.6) is 0 Å². The van der Waals surface area contributed by atoms with E-state index in [1.165, 1.54) is 7.05 Å². The Labute approximate surface area is 204 Å². The Balaban J connectivity index is 1.62. The second kappa shape index (κ2) is 11.5. The maximum absolute atomic E-state index is 12.8. The number of hydrogen-bond acceptors (Lipinski definition) is 5. The number of carboxylic acid groups (broad SMARTS) is 1. The summed E-state index contributed by atoms with van der Waals surface area (Å²) in [5.74, 6) is -2.26. The van der Waals surface area contributed by atoms with Gasteiger partial charge in [0.05, 0.1) is 13.0 Å². The van der Waals surface area contributed by atoms with E-state index in [-0.39, 0.29) is 30.9 Å². The minimum atomic E-state index is -1.37. The van der Waals surface area contributed by atoms with Crippen LogP contribution < -0.4 is 10.6 Å². The molecular weight excluding hydrogens is 450 g/mol. The van der Waals surface area contributed by atoms with Crippen molar-refractivity contribution in [2.75, 3.05) is 26.7 Å². The van der Waals surface area contributed by atoms with Crippen molar-refractivity contribution in [3.05, 3.63) is 59.7 Å². The predicted octanol–water partition coefficient (Wildman–Crippen LogP) is 2.60. The fourth-order valence-corrected chi connectivity index (χ4v) is 4.09. The van der Waals surface area contributed by atoms with Crippen molar-refractivity contribution >= 4 is 23.9 Å². The maximum atomic E-state index is 12.8. The average molecular weight is 482 g/mol. The van der Waals surface area contributed by atoms with Gasteiger partial charge in [-0.1, -0.05) is 62.4 Å². The normalized spacial score (nSPS) is 12.9. The Morgan fingerprint density at radius 1 is 1.00 bits per heavy atom. The monoisotopic (exact) mass is 481 g/mol. The summed E-state index contributed by atoms with van der Waals surface area (Å²) in [6.45, 7) is 4.11. The van der Waals surface area contributed by atoms with Crippen molar-refractivity contribution in [1.82, 2.24) is 15.5 Å². The lowest BCUT2D eigenvalue weighted by Gasteiger charge is -2.23. The first kappa shape index (κ1) is 25.7. The van der Waals surface area contributed by atoms with Gasteiger partial charge in [-0.15, -0.1) is 0 Å². The van der Waals surface area contributed by atoms with Crippen molar-refractivity contribution in [3.8, 4) is 11.1 Å². The van der Waals surface area contributed by atoms with Crippen molar-refractivity contribution in [2.45, 2.75) is 32.2 Å². The van der Waals surface area contributed by atoms with Gasteiger partial charge in [-0.2, -0.15) is 0 Å². The molecule has 3 amide bonds. The Bertz CT molecular complexity index is 1050. The molecule has 2 aromatic carbocycles. The van der Waals surface area contributed by atoms with Gasteiger partial charge in [0.1, 0.15) is 12.6 Å². The topological polar surface area (TPSA) is 125 Å². The van der Waals surface area contributed by atoms with Gasteiger partial charge in [-0.3, -0.25) is 14.4 Å². The van der Waals surface area contributed by atoms with Crippen LogP contribution in [0.1, 0.15) is 37.3 Å². The van der Waals surface area contributed by atoms with Crippen LogP contribution >= 0.6 is 0 Å². The fourth-order valence-electron chi connectivity index (χ4n) is 4.09. The van der Waals surface area contributed by atoms with Gasteiger partial charge < -0.3 is 25.4 Å². The molecule has 0 spiro atoms. The smallest absolute Gasteiger partial charge is 0.407 e. The number of likely N-dealkylation sites (N-methyl/N-ethyl adjacent to an activating group) is 1. The molecule has 9 heteroatoms. The number of carbonyl (C=O) groups excluding carboxylic acids is 3. The van der Waals surface area contributed by atoms with Gasteiger partial charge in [0.15, 0.2) is 0 Å². The molecule has 0 heterocycles. The van der Waals surface area contributed by atoms with E-state index in [1.807, 2.05) is 62.4 Å². The summed E-state index contributed by atoms with van der Waals surface area (Å²) in [6, 6.07) is 14.4. The molecule has 1 aliphatic carbocycles. The number of rotatable bonds is 10. The lowest BCUT2D eigenvalue weighted by molar-refractivity contribution is -0.142. The third-order valence-electron chi connectivity index (χ3n) is 5.78. The number of hydrogen-bond donors (Lipinski definition) is 3. The van der Waals surface area contributed by atoms with Crippen LogP contribution in [-0.4, -0.2) is 66.7 Å². The number of fused-ring (bicyclic) bond motifs is 3. The predicted molar refractivity (Wildman–Crippen MR) is 130 cm³/mol. The molecule has 2 aromatic rings. The van der Waals surface area contributed by atoms with Crippen molar-refractivity contribution in [3.63, 3.8) is 0 Å². The first-order chi connectivity index (χ1) is 16.7. The van der Waals surface area contributed by atoms with Crippen molar-refractivity contribution in [1.29, 1.82) is 0 Å².